The highest BCUT2D eigenvalue weighted by Gasteiger charge is 2.20. The fourth-order valence-corrected chi connectivity index (χ4v) is 3.24. The van der Waals surface area contributed by atoms with E-state index in [4.69, 9.17) is 4.74 Å². The molecule has 2 N–H and O–H groups in total. The summed E-state index contributed by atoms with van der Waals surface area (Å²) in [6.45, 7) is -0.508. The van der Waals surface area contributed by atoms with Crippen LogP contribution in [0.2, 0.25) is 0 Å². The predicted octanol–water partition coefficient (Wildman–Crippen LogP) is 1.36. The summed E-state index contributed by atoms with van der Waals surface area (Å²) in [5.41, 5.74) is 0.326. The van der Waals surface area contributed by atoms with Gasteiger partial charge in [0.15, 0.2) is 5.75 Å². The maximum atomic E-state index is 12.9. The summed E-state index contributed by atoms with van der Waals surface area (Å²) >= 11 is 0. The van der Waals surface area contributed by atoms with Gasteiger partial charge in [-0.05, 0) is 17.7 Å². The summed E-state index contributed by atoms with van der Waals surface area (Å²) in [6.07, 6.45) is 0.844. The monoisotopic (exact) mass is 402 g/mol. The summed E-state index contributed by atoms with van der Waals surface area (Å²) < 4.78 is 31.0. The normalized spacial score (nSPS) is 11.3. The molecule has 0 aliphatic rings. The van der Waals surface area contributed by atoms with Crippen LogP contribution in [0, 0.1) is 0 Å². The standard InChI is InChI=1S/C19H18N2O6S/c1-28(25,26)20-16(22)11-21-15-10-6-5-9-14(15)17(23)18(19(21)24)27-12-13-7-3-2-4-8-13/h2-10,23H,11-12H2,1H3,(H,20,22). The van der Waals surface area contributed by atoms with E-state index in [1.807, 2.05) is 22.9 Å². The molecule has 0 spiro atoms. The number of para-hydroxylation sites is 1. The molecule has 0 aliphatic heterocycles. The Kier molecular flexibility index (Phi) is 5.36. The first-order chi connectivity index (χ1) is 13.3. The number of nitrogens with one attached hydrogen (secondary N) is 1. The number of sulfonamides is 1. The molecule has 0 fully saturated rings. The molecule has 1 amide bonds. The van der Waals surface area contributed by atoms with Crippen LogP contribution in [-0.4, -0.2) is 30.3 Å². The molecule has 0 radical (unpaired) electrons. The first-order valence-corrected chi connectivity index (χ1v) is 10.2. The van der Waals surface area contributed by atoms with Crippen molar-refractivity contribution in [3.63, 3.8) is 0 Å². The third kappa shape index (κ3) is 4.32. The van der Waals surface area contributed by atoms with E-state index < -0.39 is 28.0 Å². The Morgan fingerprint density at radius 3 is 2.43 bits per heavy atom. The third-order valence-corrected chi connectivity index (χ3v) is 4.53. The van der Waals surface area contributed by atoms with Crippen LogP contribution in [0.1, 0.15) is 5.56 Å². The van der Waals surface area contributed by atoms with Crippen LogP contribution >= 0.6 is 0 Å². The summed E-state index contributed by atoms with van der Waals surface area (Å²) in [4.78, 5) is 24.9. The van der Waals surface area contributed by atoms with Crippen LogP contribution < -0.4 is 15.0 Å². The minimum absolute atomic E-state index is 0.0392. The molecule has 0 aliphatic carbocycles. The smallest absolute Gasteiger partial charge is 0.297 e. The van der Waals surface area contributed by atoms with Crippen molar-refractivity contribution < 1.29 is 23.1 Å². The molecule has 1 aromatic heterocycles. The van der Waals surface area contributed by atoms with E-state index >= 15 is 0 Å². The van der Waals surface area contributed by atoms with Gasteiger partial charge in [-0.1, -0.05) is 42.5 Å². The van der Waals surface area contributed by atoms with Crippen LogP contribution in [-0.2, 0) is 28.0 Å². The zero-order chi connectivity index (χ0) is 20.3. The number of rotatable bonds is 6. The van der Waals surface area contributed by atoms with E-state index in [0.29, 0.717) is 5.39 Å². The number of pyridine rings is 1. The highest BCUT2D eigenvalue weighted by Crippen LogP contribution is 2.31. The molecule has 0 saturated heterocycles. The number of hydrogen-bond acceptors (Lipinski definition) is 6. The molecule has 3 aromatic rings. The molecule has 9 heteroatoms. The summed E-state index contributed by atoms with van der Waals surface area (Å²) in [7, 11) is -3.77. The van der Waals surface area contributed by atoms with E-state index in [1.165, 1.54) is 0 Å². The van der Waals surface area contributed by atoms with E-state index in [1.54, 1.807) is 36.4 Å². The molecular weight excluding hydrogens is 384 g/mol. The van der Waals surface area contributed by atoms with Crippen molar-refractivity contribution in [1.82, 2.24) is 9.29 Å². The number of carbonyl (C=O) groups is 1. The fourth-order valence-electron chi connectivity index (χ4n) is 2.76. The van der Waals surface area contributed by atoms with Gasteiger partial charge in [0.2, 0.25) is 15.8 Å². The lowest BCUT2D eigenvalue weighted by Crippen LogP contribution is -2.35. The van der Waals surface area contributed by atoms with Gasteiger partial charge in [-0.25, -0.2) is 8.42 Å². The average molecular weight is 402 g/mol. The zero-order valence-corrected chi connectivity index (χ0v) is 15.8. The lowest BCUT2D eigenvalue weighted by molar-refractivity contribution is -0.119. The number of benzene rings is 2. The van der Waals surface area contributed by atoms with Crippen LogP contribution in [0.5, 0.6) is 11.5 Å². The van der Waals surface area contributed by atoms with Crippen LogP contribution in [0.4, 0.5) is 0 Å². The minimum Gasteiger partial charge on any atom is -0.504 e. The second-order valence-electron chi connectivity index (χ2n) is 6.16. The number of aromatic hydroxyl groups is 1. The Hall–Kier alpha value is -3.33. The molecule has 0 bridgehead atoms. The number of fused-ring (bicyclic) bond motifs is 1. The first kappa shape index (κ1) is 19.4. The molecule has 146 valence electrons. The second-order valence-corrected chi connectivity index (χ2v) is 7.91. The van der Waals surface area contributed by atoms with Gasteiger partial charge >= 0.3 is 0 Å². The van der Waals surface area contributed by atoms with Crippen molar-refractivity contribution in [3.8, 4) is 11.5 Å². The zero-order valence-electron chi connectivity index (χ0n) is 15.0. The van der Waals surface area contributed by atoms with Gasteiger partial charge in [0, 0.05) is 5.39 Å². The van der Waals surface area contributed by atoms with E-state index in [9.17, 15) is 23.1 Å². The third-order valence-electron chi connectivity index (χ3n) is 3.93. The number of carbonyl (C=O) groups excluding carboxylic acids is 1. The van der Waals surface area contributed by atoms with Crippen LogP contribution in [0.25, 0.3) is 10.9 Å². The molecule has 0 unspecified atom stereocenters. The Morgan fingerprint density at radius 2 is 1.75 bits per heavy atom. The second kappa shape index (κ2) is 7.73. The highest BCUT2D eigenvalue weighted by atomic mass is 32.2. The van der Waals surface area contributed by atoms with Gasteiger partial charge in [-0.2, -0.15) is 0 Å². The molecule has 1 heterocycles. The Balaban J connectivity index is 2.04. The Labute approximate surface area is 161 Å². The number of nitrogens with zero attached hydrogens (tertiary/aromatic N) is 1. The highest BCUT2D eigenvalue weighted by molar-refractivity contribution is 7.89. The van der Waals surface area contributed by atoms with Crippen molar-refractivity contribution in [3.05, 3.63) is 70.5 Å². The maximum Gasteiger partial charge on any atom is 0.297 e. The number of hydrogen-bond donors (Lipinski definition) is 2. The van der Waals surface area contributed by atoms with Gasteiger partial charge in [0.25, 0.3) is 11.5 Å². The number of ether oxygens (including phenoxy) is 1. The maximum absolute atomic E-state index is 12.9. The minimum atomic E-state index is -3.77. The lowest BCUT2D eigenvalue weighted by Gasteiger charge is -2.15. The quantitative estimate of drug-likeness (QED) is 0.643. The molecule has 8 nitrogen and oxygen atoms in total. The van der Waals surface area contributed by atoms with Crippen molar-refractivity contribution >= 4 is 26.8 Å². The van der Waals surface area contributed by atoms with Crippen molar-refractivity contribution in [2.75, 3.05) is 6.26 Å². The lowest BCUT2D eigenvalue weighted by atomic mass is 10.2. The van der Waals surface area contributed by atoms with Crippen molar-refractivity contribution in [2.45, 2.75) is 13.2 Å². The van der Waals surface area contributed by atoms with Crippen LogP contribution in [0.15, 0.2) is 59.4 Å². The largest absolute Gasteiger partial charge is 0.504 e. The molecule has 0 atom stereocenters. The van der Waals surface area contributed by atoms with Crippen LogP contribution in [0.3, 0.4) is 0 Å². The SMILES string of the molecule is CS(=O)(=O)NC(=O)Cn1c(=O)c(OCc2ccccc2)c(O)c2ccccc21. The number of amides is 1. The number of aromatic nitrogens is 1. The topological polar surface area (TPSA) is 115 Å². The van der Waals surface area contributed by atoms with E-state index in [0.717, 1.165) is 16.4 Å². The van der Waals surface area contributed by atoms with Gasteiger partial charge in [-0.15, -0.1) is 0 Å². The Bertz CT molecular complexity index is 1190. The first-order valence-electron chi connectivity index (χ1n) is 8.28. The van der Waals surface area contributed by atoms with Gasteiger partial charge < -0.3 is 9.84 Å². The molecule has 3 rings (SSSR count). The van der Waals surface area contributed by atoms with Gasteiger partial charge in [0.1, 0.15) is 13.2 Å². The predicted molar refractivity (Wildman–Crippen MR) is 104 cm³/mol. The molecular formula is C19H18N2O6S. The van der Waals surface area contributed by atoms with E-state index in [2.05, 4.69) is 0 Å². The van der Waals surface area contributed by atoms with E-state index in [-0.39, 0.29) is 23.6 Å². The molecule has 0 saturated carbocycles. The molecule has 2 aromatic carbocycles. The van der Waals surface area contributed by atoms with Crippen molar-refractivity contribution in [1.29, 1.82) is 0 Å². The Morgan fingerprint density at radius 1 is 1.11 bits per heavy atom. The average Bonchev–Trinajstić information content (AvgIpc) is 2.64. The summed E-state index contributed by atoms with van der Waals surface area (Å²) in [5, 5.41) is 10.8. The summed E-state index contributed by atoms with van der Waals surface area (Å²) in [6, 6.07) is 15.5. The molecule has 28 heavy (non-hydrogen) atoms. The van der Waals surface area contributed by atoms with Crippen molar-refractivity contribution in [2.24, 2.45) is 0 Å². The van der Waals surface area contributed by atoms with Gasteiger partial charge in [-0.3, -0.25) is 18.9 Å². The van der Waals surface area contributed by atoms with Gasteiger partial charge in [0.05, 0.1) is 11.8 Å². The fraction of sp³-hybridized carbons (Fsp3) is 0.158. The summed E-state index contributed by atoms with van der Waals surface area (Å²) in [5.74, 6) is -1.53.